The van der Waals surface area contributed by atoms with Gasteiger partial charge in [0.25, 0.3) is 5.56 Å². The van der Waals surface area contributed by atoms with E-state index in [0.29, 0.717) is 22.5 Å². The average molecular weight is 386 g/mol. The number of rotatable bonds is 5. The molecule has 0 unspecified atom stereocenters. The Hall–Kier alpha value is -2.67. The summed E-state index contributed by atoms with van der Waals surface area (Å²) in [4.78, 5) is 31.5. The number of methoxy groups -OCH3 is 1. The van der Waals surface area contributed by atoms with E-state index in [0.717, 1.165) is 21.8 Å². The highest BCUT2D eigenvalue weighted by atomic mass is 32.1. The van der Waals surface area contributed by atoms with Gasteiger partial charge >= 0.3 is 5.97 Å². The number of carbonyl (C=O) groups is 1. The molecule has 3 aromatic rings. The summed E-state index contributed by atoms with van der Waals surface area (Å²) in [5.41, 5.74) is 0.0562. The first-order valence-electron chi connectivity index (χ1n) is 8.55. The Kier molecular flexibility index (Phi) is 4.82. The second-order valence-electron chi connectivity index (χ2n) is 7.02. The Morgan fingerprint density at radius 2 is 1.89 bits per heavy atom. The van der Waals surface area contributed by atoms with Gasteiger partial charge in [-0.25, -0.2) is 9.78 Å². The zero-order valence-corrected chi connectivity index (χ0v) is 16.8. The van der Waals surface area contributed by atoms with Crippen molar-refractivity contribution in [3.63, 3.8) is 0 Å². The van der Waals surface area contributed by atoms with Crippen LogP contribution in [-0.2, 0) is 16.8 Å². The fourth-order valence-corrected chi connectivity index (χ4v) is 4.09. The van der Waals surface area contributed by atoms with Gasteiger partial charge in [-0.3, -0.25) is 9.36 Å². The summed E-state index contributed by atoms with van der Waals surface area (Å²) in [6, 6.07) is 7.44. The van der Waals surface area contributed by atoms with Crippen molar-refractivity contribution in [2.45, 2.75) is 39.7 Å². The number of hydrogen-bond acceptors (Lipinski definition) is 5. The SMILES string of the molecule is COc1ccc(Cc2nc3sc(C)c(C)c3c(=O)n2C(C)(C)C(=O)O)cc1. The number of aliphatic carboxylic acids is 1. The molecule has 0 saturated carbocycles. The van der Waals surface area contributed by atoms with Crippen molar-refractivity contribution in [1.82, 2.24) is 9.55 Å². The number of carboxylic acids is 1. The Bertz CT molecular complexity index is 1080. The minimum absolute atomic E-state index is 0.308. The van der Waals surface area contributed by atoms with Crippen LogP contribution in [0.5, 0.6) is 5.75 Å². The summed E-state index contributed by atoms with van der Waals surface area (Å²) >= 11 is 1.46. The molecule has 2 aromatic heterocycles. The second-order valence-corrected chi connectivity index (χ2v) is 8.22. The Morgan fingerprint density at radius 3 is 2.44 bits per heavy atom. The molecule has 7 heteroatoms. The lowest BCUT2D eigenvalue weighted by atomic mass is 10.0. The fraction of sp³-hybridized carbons (Fsp3) is 0.350. The molecular weight excluding hydrogens is 364 g/mol. The molecule has 0 radical (unpaired) electrons. The fourth-order valence-electron chi connectivity index (χ4n) is 3.05. The van der Waals surface area contributed by atoms with Crippen LogP contribution in [0, 0.1) is 13.8 Å². The van der Waals surface area contributed by atoms with E-state index < -0.39 is 11.5 Å². The number of nitrogens with zero attached hydrogens (tertiary/aromatic N) is 2. The van der Waals surface area contributed by atoms with Gasteiger partial charge in [-0.15, -0.1) is 11.3 Å². The van der Waals surface area contributed by atoms with Gasteiger partial charge in [-0.2, -0.15) is 0 Å². The highest BCUT2D eigenvalue weighted by Crippen LogP contribution is 2.28. The van der Waals surface area contributed by atoms with E-state index in [4.69, 9.17) is 9.72 Å². The summed E-state index contributed by atoms with van der Waals surface area (Å²) in [6.07, 6.45) is 0.349. The zero-order chi connectivity index (χ0) is 19.9. The summed E-state index contributed by atoms with van der Waals surface area (Å²) in [7, 11) is 1.60. The van der Waals surface area contributed by atoms with Crippen LogP contribution in [0.25, 0.3) is 10.2 Å². The van der Waals surface area contributed by atoms with Gasteiger partial charge in [0.1, 0.15) is 21.9 Å². The number of thiophene rings is 1. The summed E-state index contributed by atoms with van der Waals surface area (Å²) < 4.78 is 6.50. The van der Waals surface area contributed by atoms with Crippen LogP contribution >= 0.6 is 11.3 Å². The van der Waals surface area contributed by atoms with Crippen molar-refractivity contribution >= 4 is 27.5 Å². The third kappa shape index (κ3) is 3.23. The second kappa shape index (κ2) is 6.81. The van der Waals surface area contributed by atoms with Crippen LogP contribution in [0.2, 0.25) is 0 Å². The average Bonchev–Trinajstić information content (AvgIpc) is 2.89. The van der Waals surface area contributed by atoms with Gasteiger partial charge in [0, 0.05) is 11.3 Å². The molecule has 1 aromatic carbocycles. The highest BCUT2D eigenvalue weighted by molar-refractivity contribution is 7.18. The van der Waals surface area contributed by atoms with Gasteiger partial charge in [0.2, 0.25) is 0 Å². The van der Waals surface area contributed by atoms with Gasteiger partial charge in [-0.1, -0.05) is 12.1 Å². The molecular formula is C20H22N2O4S. The minimum atomic E-state index is -1.41. The predicted octanol–water partition coefficient (Wildman–Crippen LogP) is 3.49. The van der Waals surface area contributed by atoms with E-state index in [9.17, 15) is 14.7 Å². The van der Waals surface area contributed by atoms with Crippen LogP contribution in [0.4, 0.5) is 0 Å². The molecule has 142 valence electrons. The third-order valence-corrected chi connectivity index (χ3v) is 5.98. The van der Waals surface area contributed by atoms with Crippen molar-refractivity contribution in [3.8, 4) is 5.75 Å². The number of aromatic nitrogens is 2. The zero-order valence-electron chi connectivity index (χ0n) is 16.0. The number of ether oxygens (including phenoxy) is 1. The van der Waals surface area contributed by atoms with Crippen LogP contribution in [0.1, 0.15) is 35.7 Å². The smallest absolute Gasteiger partial charge is 0.329 e. The summed E-state index contributed by atoms with van der Waals surface area (Å²) in [5, 5.41) is 10.2. The Labute approximate surface area is 161 Å². The molecule has 3 rings (SSSR count). The van der Waals surface area contributed by atoms with Crippen LogP contribution in [0.3, 0.4) is 0 Å². The lowest BCUT2D eigenvalue weighted by Crippen LogP contribution is -2.45. The molecule has 0 atom stereocenters. The minimum Gasteiger partial charge on any atom is -0.497 e. The van der Waals surface area contributed by atoms with E-state index in [2.05, 4.69) is 0 Å². The largest absolute Gasteiger partial charge is 0.497 e. The van der Waals surface area contributed by atoms with E-state index in [1.165, 1.54) is 29.8 Å². The van der Waals surface area contributed by atoms with Crippen molar-refractivity contribution in [3.05, 3.63) is 56.4 Å². The van der Waals surface area contributed by atoms with Crippen molar-refractivity contribution in [1.29, 1.82) is 0 Å². The lowest BCUT2D eigenvalue weighted by Gasteiger charge is -2.25. The maximum absolute atomic E-state index is 13.3. The molecule has 0 aliphatic heterocycles. The van der Waals surface area contributed by atoms with Crippen LogP contribution in [0.15, 0.2) is 29.1 Å². The molecule has 1 N–H and O–H groups in total. The van der Waals surface area contributed by atoms with Gasteiger partial charge in [0.15, 0.2) is 0 Å². The molecule has 0 fully saturated rings. The number of aryl methyl sites for hydroxylation is 2. The number of fused-ring (bicyclic) bond motifs is 1. The molecule has 2 heterocycles. The molecule has 27 heavy (non-hydrogen) atoms. The Morgan fingerprint density at radius 1 is 1.26 bits per heavy atom. The maximum atomic E-state index is 13.3. The van der Waals surface area contributed by atoms with E-state index in [1.807, 2.05) is 38.1 Å². The monoisotopic (exact) mass is 386 g/mol. The third-order valence-electron chi connectivity index (χ3n) is 4.88. The topological polar surface area (TPSA) is 81.4 Å². The molecule has 6 nitrogen and oxygen atoms in total. The molecule has 0 aliphatic rings. The van der Waals surface area contributed by atoms with Crippen molar-refractivity contribution < 1.29 is 14.6 Å². The van der Waals surface area contributed by atoms with E-state index in [1.54, 1.807) is 7.11 Å². The molecule has 0 amide bonds. The number of carboxylic acid groups (broad SMARTS) is 1. The highest BCUT2D eigenvalue weighted by Gasteiger charge is 2.34. The quantitative estimate of drug-likeness (QED) is 0.726. The summed E-state index contributed by atoms with van der Waals surface area (Å²) in [6.45, 7) is 6.86. The van der Waals surface area contributed by atoms with Crippen molar-refractivity contribution in [2.75, 3.05) is 7.11 Å². The first-order valence-corrected chi connectivity index (χ1v) is 9.37. The van der Waals surface area contributed by atoms with E-state index >= 15 is 0 Å². The standard InChI is InChI=1S/C20H22N2O4S/c1-11-12(2)27-17-16(11)18(23)22(20(3,4)19(24)25)15(21-17)10-13-6-8-14(26-5)9-7-13/h6-9H,10H2,1-5H3,(H,24,25). The van der Waals surface area contributed by atoms with Crippen LogP contribution in [-0.4, -0.2) is 27.7 Å². The molecule has 0 aliphatic carbocycles. The predicted molar refractivity (Wildman–Crippen MR) is 106 cm³/mol. The van der Waals surface area contributed by atoms with Gasteiger partial charge in [-0.05, 0) is 51.0 Å². The number of benzene rings is 1. The molecule has 0 saturated heterocycles. The molecule has 0 spiro atoms. The first-order chi connectivity index (χ1) is 12.7. The molecule has 0 bridgehead atoms. The van der Waals surface area contributed by atoms with Gasteiger partial charge in [0.05, 0.1) is 12.5 Å². The normalized spacial score (nSPS) is 11.7. The lowest BCUT2D eigenvalue weighted by molar-refractivity contribution is -0.146. The maximum Gasteiger partial charge on any atom is 0.329 e. The summed E-state index contributed by atoms with van der Waals surface area (Å²) in [5.74, 6) is 0.0903. The van der Waals surface area contributed by atoms with Crippen molar-refractivity contribution in [2.24, 2.45) is 0 Å². The van der Waals surface area contributed by atoms with Gasteiger partial charge < -0.3 is 9.84 Å². The first kappa shape index (κ1) is 19.1. The number of hydrogen-bond donors (Lipinski definition) is 1. The Balaban J connectivity index is 2.26. The van der Waals surface area contributed by atoms with Crippen LogP contribution < -0.4 is 10.3 Å². The van der Waals surface area contributed by atoms with E-state index in [-0.39, 0.29) is 5.56 Å².